The molecule has 0 aliphatic carbocycles. The van der Waals surface area contributed by atoms with Crippen LogP contribution in [0.3, 0.4) is 0 Å². The van der Waals surface area contributed by atoms with Crippen LogP contribution in [0.2, 0.25) is 0 Å². The molecule has 0 saturated carbocycles. The molecule has 1 unspecified atom stereocenters. The number of rotatable bonds is 6. The lowest BCUT2D eigenvalue weighted by Gasteiger charge is -2.27. The van der Waals surface area contributed by atoms with Crippen LogP contribution in [-0.4, -0.2) is 18.2 Å². The van der Waals surface area contributed by atoms with Crippen LogP contribution < -0.4 is 10.1 Å². The topological polar surface area (TPSA) is 21.3 Å². The van der Waals surface area contributed by atoms with Gasteiger partial charge in [-0.2, -0.15) is 0 Å². The number of ether oxygens (including phenoxy) is 1. The lowest BCUT2D eigenvalue weighted by Crippen LogP contribution is -2.43. The molecule has 1 aromatic rings. The molecule has 0 amide bonds. The van der Waals surface area contributed by atoms with Crippen molar-refractivity contribution in [3.8, 4) is 5.75 Å². The van der Waals surface area contributed by atoms with Crippen molar-refractivity contribution in [1.29, 1.82) is 0 Å². The Labute approximate surface area is 124 Å². The van der Waals surface area contributed by atoms with E-state index in [0.29, 0.717) is 0 Å². The summed E-state index contributed by atoms with van der Waals surface area (Å²) in [5.41, 5.74) is 1.70. The molecule has 0 saturated heterocycles. The molecule has 1 aromatic carbocycles. The Balaban J connectivity index is 2.52. The highest BCUT2D eigenvalue weighted by Crippen LogP contribution is 2.24. The van der Waals surface area contributed by atoms with Crippen molar-refractivity contribution in [2.24, 2.45) is 0 Å². The minimum absolute atomic E-state index is 0.168. The number of hydrogen-bond donors (Lipinski definition) is 1. The molecule has 0 aromatic heterocycles. The fraction of sp³-hybridized carbons (Fsp3) is 0.667. The fourth-order valence-electron chi connectivity index (χ4n) is 1.85. The number of nitrogens with one attached hydrogen (secondary N) is 1. The normalized spacial score (nSPS) is 14.2. The van der Waals surface area contributed by atoms with Crippen LogP contribution in [0.1, 0.15) is 60.5 Å². The Morgan fingerprint density at radius 2 is 1.60 bits per heavy atom. The fourth-order valence-corrected chi connectivity index (χ4v) is 1.85. The maximum absolute atomic E-state index is 5.96. The van der Waals surface area contributed by atoms with Crippen LogP contribution >= 0.6 is 0 Å². The highest BCUT2D eigenvalue weighted by atomic mass is 16.5. The van der Waals surface area contributed by atoms with Gasteiger partial charge in [0.05, 0.1) is 0 Å². The van der Waals surface area contributed by atoms with Gasteiger partial charge in [-0.25, -0.2) is 0 Å². The van der Waals surface area contributed by atoms with E-state index in [1.807, 2.05) is 0 Å². The lowest BCUT2D eigenvalue weighted by atomic mass is 9.87. The largest absolute Gasteiger partial charge is 0.489 e. The van der Waals surface area contributed by atoms with Gasteiger partial charge in [-0.3, -0.25) is 0 Å². The second kappa shape index (κ2) is 6.62. The predicted octanol–water partition coefficient (Wildman–Crippen LogP) is 4.53. The van der Waals surface area contributed by atoms with Gasteiger partial charge in [0.1, 0.15) is 11.9 Å². The zero-order valence-electron chi connectivity index (χ0n) is 14.2. The SMILES string of the molecule is CCC(C)(C)NCC(C)Oc1ccc(C(C)(C)C)cc1. The summed E-state index contributed by atoms with van der Waals surface area (Å²) in [5.74, 6) is 0.946. The van der Waals surface area contributed by atoms with E-state index >= 15 is 0 Å². The highest BCUT2D eigenvalue weighted by Gasteiger charge is 2.16. The Morgan fingerprint density at radius 1 is 1.05 bits per heavy atom. The highest BCUT2D eigenvalue weighted by molar-refractivity contribution is 5.31. The minimum atomic E-state index is 0.168. The summed E-state index contributed by atoms with van der Waals surface area (Å²) >= 11 is 0. The average molecular weight is 277 g/mol. The molecule has 0 aliphatic rings. The second-order valence-electron chi connectivity index (χ2n) is 7.32. The maximum atomic E-state index is 5.96. The first kappa shape index (κ1) is 17.0. The van der Waals surface area contributed by atoms with E-state index in [0.717, 1.165) is 18.7 Å². The van der Waals surface area contributed by atoms with Crippen molar-refractivity contribution in [2.45, 2.75) is 71.9 Å². The first-order valence-electron chi connectivity index (χ1n) is 7.66. The van der Waals surface area contributed by atoms with Gasteiger partial charge in [-0.15, -0.1) is 0 Å². The molecule has 0 fully saturated rings. The third kappa shape index (κ3) is 5.54. The molecular formula is C18H31NO. The summed E-state index contributed by atoms with van der Waals surface area (Å²) in [5, 5.41) is 3.54. The minimum Gasteiger partial charge on any atom is -0.489 e. The molecule has 20 heavy (non-hydrogen) atoms. The van der Waals surface area contributed by atoms with Crippen LogP contribution in [-0.2, 0) is 5.41 Å². The van der Waals surface area contributed by atoms with Gasteiger partial charge in [-0.1, -0.05) is 39.8 Å². The standard InChI is InChI=1S/C18H31NO/c1-8-18(6,7)19-13-14(2)20-16-11-9-15(10-12-16)17(3,4)5/h9-12,14,19H,8,13H2,1-7H3. The molecule has 0 aliphatic heterocycles. The Kier molecular flexibility index (Phi) is 5.64. The van der Waals surface area contributed by atoms with Crippen LogP contribution in [0, 0.1) is 0 Å². The average Bonchev–Trinajstić information content (AvgIpc) is 2.36. The van der Waals surface area contributed by atoms with E-state index in [4.69, 9.17) is 4.74 Å². The van der Waals surface area contributed by atoms with E-state index < -0.39 is 0 Å². The Morgan fingerprint density at radius 3 is 2.05 bits per heavy atom. The van der Waals surface area contributed by atoms with Crippen molar-refractivity contribution in [3.63, 3.8) is 0 Å². The summed E-state index contributed by atoms with van der Waals surface area (Å²) in [6.45, 7) is 16.3. The van der Waals surface area contributed by atoms with Gasteiger partial charge >= 0.3 is 0 Å². The Hall–Kier alpha value is -1.02. The third-order valence-corrected chi connectivity index (χ3v) is 3.81. The second-order valence-corrected chi connectivity index (χ2v) is 7.32. The van der Waals surface area contributed by atoms with E-state index in [9.17, 15) is 0 Å². The molecule has 0 spiro atoms. The summed E-state index contributed by atoms with van der Waals surface area (Å²) in [6, 6.07) is 8.46. The molecule has 0 radical (unpaired) electrons. The van der Waals surface area contributed by atoms with Crippen molar-refractivity contribution < 1.29 is 4.74 Å². The van der Waals surface area contributed by atoms with Gasteiger partial charge in [-0.05, 0) is 50.3 Å². The van der Waals surface area contributed by atoms with Crippen molar-refractivity contribution in [1.82, 2.24) is 5.32 Å². The zero-order valence-corrected chi connectivity index (χ0v) is 14.2. The molecule has 2 nitrogen and oxygen atoms in total. The van der Waals surface area contributed by atoms with Crippen molar-refractivity contribution in [3.05, 3.63) is 29.8 Å². The van der Waals surface area contributed by atoms with E-state index in [1.54, 1.807) is 0 Å². The summed E-state index contributed by atoms with van der Waals surface area (Å²) in [4.78, 5) is 0. The molecule has 1 atom stereocenters. The molecule has 1 N–H and O–H groups in total. The molecule has 0 bridgehead atoms. The van der Waals surface area contributed by atoms with Crippen molar-refractivity contribution in [2.75, 3.05) is 6.54 Å². The molecule has 0 heterocycles. The van der Waals surface area contributed by atoms with Gasteiger partial charge in [0.2, 0.25) is 0 Å². The summed E-state index contributed by atoms with van der Waals surface area (Å²) in [6.07, 6.45) is 1.28. The van der Waals surface area contributed by atoms with Crippen LogP contribution in [0.25, 0.3) is 0 Å². The monoisotopic (exact) mass is 277 g/mol. The first-order chi connectivity index (χ1) is 9.14. The van der Waals surface area contributed by atoms with E-state index in [-0.39, 0.29) is 17.1 Å². The molecule has 2 heteroatoms. The van der Waals surface area contributed by atoms with E-state index in [1.165, 1.54) is 5.56 Å². The van der Waals surface area contributed by atoms with Crippen LogP contribution in [0.15, 0.2) is 24.3 Å². The zero-order chi connectivity index (χ0) is 15.4. The molecular weight excluding hydrogens is 246 g/mol. The van der Waals surface area contributed by atoms with E-state index in [2.05, 4.69) is 78.0 Å². The van der Waals surface area contributed by atoms with Gasteiger partial charge in [0, 0.05) is 12.1 Å². The molecule has 114 valence electrons. The Bertz CT molecular complexity index is 400. The van der Waals surface area contributed by atoms with Crippen LogP contribution in [0.4, 0.5) is 0 Å². The molecule has 1 rings (SSSR count). The van der Waals surface area contributed by atoms with Crippen molar-refractivity contribution >= 4 is 0 Å². The predicted molar refractivity (Wildman–Crippen MR) is 87.6 cm³/mol. The first-order valence-corrected chi connectivity index (χ1v) is 7.66. The number of benzene rings is 1. The van der Waals surface area contributed by atoms with Gasteiger partial charge in [0.15, 0.2) is 0 Å². The smallest absolute Gasteiger partial charge is 0.119 e. The summed E-state index contributed by atoms with van der Waals surface area (Å²) in [7, 11) is 0. The van der Waals surface area contributed by atoms with Crippen LogP contribution in [0.5, 0.6) is 5.75 Å². The third-order valence-electron chi connectivity index (χ3n) is 3.81. The summed E-state index contributed by atoms with van der Waals surface area (Å²) < 4.78 is 5.96. The quantitative estimate of drug-likeness (QED) is 0.825. The number of hydrogen-bond acceptors (Lipinski definition) is 2. The van der Waals surface area contributed by atoms with Gasteiger partial charge < -0.3 is 10.1 Å². The van der Waals surface area contributed by atoms with Gasteiger partial charge in [0.25, 0.3) is 0 Å². The maximum Gasteiger partial charge on any atom is 0.119 e. The lowest BCUT2D eigenvalue weighted by molar-refractivity contribution is 0.199.